The molecule has 0 aromatic heterocycles. The van der Waals surface area contributed by atoms with Crippen LogP contribution < -0.4 is 103 Å². The predicted molar refractivity (Wildman–Crippen MR) is 20.9 cm³/mol. The van der Waals surface area contributed by atoms with Gasteiger partial charge in [0.15, 0.2) is 0 Å². The summed E-state index contributed by atoms with van der Waals surface area (Å²) < 4.78 is 0. The first-order valence-electron chi connectivity index (χ1n) is 1.71. The van der Waals surface area contributed by atoms with Crippen LogP contribution in [0.1, 0.15) is 0 Å². The molecule has 0 unspecified atom stereocenters. The van der Waals surface area contributed by atoms with Gasteiger partial charge in [0.1, 0.15) is 6.10 Å². The fourth-order valence-electron chi connectivity index (χ4n) is 0.0577. The minimum Gasteiger partial charge on any atom is -2.00 e. The molecule has 0 saturated carbocycles. The quantitative estimate of drug-likeness (QED) is 0.374. The molecule has 0 rings (SSSR count). The summed E-state index contributed by atoms with van der Waals surface area (Å²) in [6, 6.07) is 0. The van der Waals surface area contributed by atoms with Gasteiger partial charge in [-0.3, -0.25) is 0 Å². The number of aliphatic hydroxyl groups excluding tert-OH is 3. The molecule has 0 bridgehead atoms. The molecule has 0 aliphatic rings. The Morgan fingerprint density at radius 3 is 1.22 bits per heavy atom. The van der Waals surface area contributed by atoms with E-state index in [1.54, 1.807) is 0 Å². The molecule has 6 heteroatoms. The van der Waals surface area contributed by atoms with Gasteiger partial charge in [-0.25, -0.2) is 0 Å². The smallest absolute Gasteiger partial charge is 1.00 e. The normalized spacial score (nSPS) is 6.67. The molecule has 9 heavy (non-hydrogen) atoms. The van der Waals surface area contributed by atoms with Crippen molar-refractivity contribution in [3.63, 3.8) is 0 Å². The number of hydrogen-bond acceptors (Lipinski definition) is 3. The minimum absolute atomic E-state index is 0. The maximum Gasteiger partial charge on any atom is 1.00 e. The monoisotopic (exact) mass is 186 g/mol. The molecule has 0 aliphatic carbocycles. The van der Waals surface area contributed by atoms with Crippen molar-refractivity contribution < 1.29 is 124 Å². The molecule has 0 radical (unpaired) electrons. The summed E-state index contributed by atoms with van der Waals surface area (Å²) in [5.41, 5.74) is 0. The van der Waals surface area contributed by atoms with E-state index >= 15 is 0 Å². The molecule has 3 N–H and O–H groups in total. The zero-order chi connectivity index (χ0) is 4.99. The van der Waals surface area contributed by atoms with E-state index in [4.69, 9.17) is 15.3 Å². The van der Waals surface area contributed by atoms with Gasteiger partial charge in [0.25, 0.3) is 0 Å². The second kappa shape index (κ2) is 17.3. The minimum atomic E-state index is -0.954. The van der Waals surface area contributed by atoms with Crippen LogP contribution in [0.4, 0.5) is 0 Å². The van der Waals surface area contributed by atoms with Crippen LogP contribution >= 0.6 is 0 Å². The zero-order valence-electron chi connectivity index (χ0n) is 5.74. The summed E-state index contributed by atoms with van der Waals surface area (Å²) in [5, 5.41) is 24.0. The van der Waals surface area contributed by atoms with Crippen LogP contribution in [0.5, 0.6) is 0 Å². The van der Waals surface area contributed by atoms with Crippen LogP contribution in [0.25, 0.3) is 0 Å². The topological polar surface area (TPSA) is 89.2 Å². The van der Waals surface area contributed by atoms with Crippen LogP contribution in [0.15, 0.2) is 0 Å². The summed E-state index contributed by atoms with van der Waals surface area (Å²) in [6.45, 7) is -0.729. The fourth-order valence-corrected chi connectivity index (χ4v) is 0.0577. The molecule has 0 saturated heterocycles. The van der Waals surface area contributed by atoms with Crippen LogP contribution in [-0.2, 0) is 5.48 Å². The summed E-state index contributed by atoms with van der Waals surface area (Å²) in [4.78, 5) is 0. The van der Waals surface area contributed by atoms with Crippen LogP contribution in [-0.4, -0.2) is 34.6 Å². The third-order valence-electron chi connectivity index (χ3n) is 0.421. The van der Waals surface area contributed by atoms with Gasteiger partial charge in [0.05, 0.1) is 13.2 Å². The largest absolute Gasteiger partial charge is 2.00 e. The molecule has 0 amide bonds. The molecule has 46 valence electrons. The van der Waals surface area contributed by atoms with Crippen LogP contribution in [0.3, 0.4) is 0 Å². The Labute approximate surface area is 139 Å². The summed E-state index contributed by atoms with van der Waals surface area (Å²) >= 11 is 0. The van der Waals surface area contributed by atoms with E-state index in [-0.39, 0.29) is 121 Å². The summed E-state index contributed by atoms with van der Waals surface area (Å²) in [5.74, 6) is 0. The van der Waals surface area contributed by atoms with E-state index in [1.807, 2.05) is 0 Å². The van der Waals surface area contributed by atoms with Gasteiger partial charge in [0, 0.05) is 0 Å². The third kappa shape index (κ3) is 18.2. The van der Waals surface area contributed by atoms with Crippen molar-refractivity contribution in [2.45, 2.75) is 6.10 Å². The molecular weight excluding hydrogens is 178 g/mol. The van der Waals surface area contributed by atoms with Crippen molar-refractivity contribution in [1.82, 2.24) is 0 Å². The van der Waals surface area contributed by atoms with Crippen molar-refractivity contribution in [3.05, 3.63) is 0 Å². The van der Waals surface area contributed by atoms with E-state index in [1.165, 1.54) is 0 Å². The Balaban J connectivity index is -0.0000000417. The van der Waals surface area contributed by atoms with Gasteiger partial charge >= 0.3 is 103 Å². The predicted octanol–water partition coefficient (Wildman–Crippen LogP) is -7.78. The first-order chi connectivity index (χ1) is 2.81. The molecule has 0 spiro atoms. The second-order valence-corrected chi connectivity index (χ2v) is 1.02. The van der Waals surface area contributed by atoms with Crippen LogP contribution in [0.2, 0.25) is 0 Å². The Morgan fingerprint density at radius 1 is 1.00 bits per heavy atom. The summed E-state index contributed by atoms with van der Waals surface area (Å²) in [7, 11) is 0. The molecule has 0 aromatic rings. The molecular formula is C3H8K2O4. The van der Waals surface area contributed by atoms with Crippen molar-refractivity contribution in [2.75, 3.05) is 13.2 Å². The summed E-state index contributed by atoms with van der Waals surface area (Å²) in [6.07, 6.45) is -0.954. The van der Waals surface area contributed by atoms with Crippen molar-refractivity contribution in [2.24, 2.45) is 0 Å². The van der Waals surface area contributed by atoms with E-state index in [2.05, 4.69) is 0 Å². The van der Waals surface area contributed by atoms with E-state index < -0.39 is 6.10 Å². The third-order valence-corrected chi connectivity index (χ3v) is 0.421. The Kier molecular flexibility index (Phi) is 43.6. The van der Waals surface area contributed by atoms with Gasteiger partial charge in [0.2, 0.25) is 0 Å². The SMILES string of the molecule is OCC(O)CO.[K+].[K+].[O-2]. The number of hydrogen-bond donors (Lipinski definition) is 3. The number of aliphatic hydroxyl groups is 3. The maximum absolute atomic E-state index is 8.17. The molecule has 0 atom stereocenters. The molecule has 0 heterocycles. The van der Waals surface area contributed by atoms with E-state index in [0.717, 1.165) is 0 Å². The second-order valence-electron chi connectivity index (χ2n) is 1.02. The zero-order valence-corrected chi connectivity index (χ0v) is 12.0. The van der Waals surface area contributed by atoms with Crippen LogP contribution in [0, 0.1) is 0 Å². The van der Waals surface area contributed by atoms with Gasteiger partial charge in [-0.05, 0) is 0 Å². The average Bonchev–Trinajstić information content (AvgIpc) is 1.65. The molecule has 0 aliphatic heterocycles. The van der Waals surface area contributed by atoms with Gasteiger partial charge in [-0.15, -0.1) is 0 Å². The molecule has 0 aromatic carbocycles. The Bertz CT molecular complexity index is 33.0. The fraction of sp³-hybridized carbons (Fsp3) is 1.00. The Hall–Kier alpha value is 3.11. The number of rotatable bonds is 2. The van der Waals surface area contributed by atoms with Crippen molar-refractivity contribution in [3.8, 4) is 0 Å². The maximum atomic E-state index is 8.17. The molecule has 0 fully saturated rings. The van der Waals surface area contributed by atoms with Gasteiger partial charge in [-0.2, -0.15) is 0 Å². The van der Waals surface area contributed by atoms with Gasteiger partial charge < -0.3 is 20.8 Å². The standard InChI is InChI=1S/C3H8O3.2K.O/c4-1-3(6)2-5;;;/h3-6H,1-2H2;;;/q;2*+1;-2. The first-order valence-corrected chi connectivity index (χ1v) is 1.71. The van der Waals surface area contributed by atoms with Gasteiger partial charge in [-0.1, -0.05) is 0 Å². The molecule has 4 nitrogen and oxygen atoms in total. The van der Waals surface area contributed by atoms with Crippen molar-refractivity contribution >= 4 is 0 Å². The Morgan fingerprint density at radius 2 is 1.22 bits per heavy atom. The van der Waals surface area contributed by atoms with E-state index in [9.17, 15) is 0 Å². The van der Waals surface area contributed by atoms with E-state index in [0.29, 0.717) is 0 Å². The average molecular weight is 186 g/mol. The van der Waals surface area contributed by atoms with Crippen molar-refractivity contribution in [1.29, 1.82) is 0 Å². The first kappa shape index (κ1) is 22.7.